The minimum Gasteiger partial charge on any atom is -0.316 e. The van der Waals surface area contributed by atoms with E-state index in [-0.39, 0.29) is 0 Å². The molecule has 0 heterocycles. The zero-order chi connectivity index (χ0) is 7.11. The second-order valence-electron chi connectivity index (χ2n) is 1.90. The first kappa shape index (κ1) is 8.88. The van der Waals surface area contributed by atoms with E-state index in [1.807, 2.05) is 13.8 Å². The van der Waals surface area contributed by atoms with Crippen molar-refractivity contribution in [2.75, 3.05) is 26.2 Å². The van der Waals surface area contributed by atoms with Crippen molar-refractivity contribution < 1.29 is 5.21 Å². The molecule has 0 aromatic carbocycles. The van der Waals surface area contributed by atoms with Gasteiger partial charge in [-0.15, -0.1) is 0 Å². The highest BCUT2D eigenvalue weighted by Gasteiger charge is 1.92. The van der Waals surface area contributed by atoms with Crippen molar-refractivity contribution in [1.82, 2.24) is 10.4 Å². The van der Waals surface area contributed by atoms with E-state index < -0.39 is 0 Å². The quantitative estimate of drug-likeness (QED) is 0.417. The van der Waals surface area contributed by atoms with E-state index in [4.69, 9.17) is 5.21 Å². The summed E-state index contributed by atoms with van der Waals surface area (Å²) in [6.45, 7) is 7.22. The topological polar surface area (TPSA) is 35.5 Å². The third-order valence-corrected chi connectivity index (χ3v) is 1.16. The number of nitrogens with one attached hydrogen (secondary N) is 1. The highest BCUT2D eigenvalue weighted by molar-refractivity contribution is 4.45. The van der Waals surface area contributed by atoms with Crippen LogP contribution in [-0.2, 0) is 0 Å². The fourth-order valence-electron chi connectivity index (χ4n) is 0.543. The van der Waals surface area contributed by atoms with E-state index in [0.29, 0.717) is 13.1 Å². The minimum atomic E-state index is 0.700. The van der Waals surface area contributed by atoms with Crippen molar-refractivity contribution in [1.29, 1.82) is 0 Å². The van der Waals surface area contributed by atoms with Gasteiger partial charge in [0.05, 0.1) is 0 Å². The van der Waals surface area contributed by atoms with Gasteiger partial charge in [-0.2, -0.15) is 5.06 Å². The van der Waals surface area contributed by atoms with Crippen molar-refractivity contribution in [3.05, 3.63) is 0 Å². The lowest BCUT2D eigenvalue weighted by Crippen LogP contribution is -2.29. The first-order chi connectivity index (χ1) is 4.31. The van der Waals surface area contributed by atoms with Crippen LogP contribution in [0.3, 0.4) is 0 Å². The molecular weight excluding hydrogens is 116 g/mol. The molecule has 0 aromatic rings. The van der Waals surface area contributed by atoms with Crippen molar-refractivity contribution in [3.63, 3.8) is 0 Å². The maximum atomic E-state index is 8.88. The highest BCUT2D eigenvalue weighted by atomic mass is 16.5. The molecule has 56 valence electrons. The summed E-state index contributed by atoms with van der Waals surface area (Å²) in [5.74, 6) is 0. The van der Waals surface area contributed by atoms with Crippen LogP contribution in [0, 0.1) is 0 Å². The molecule has 0 rings (SSSR count). The Hall–Kier alpha value is -0.120. The Kier molecular flexibility index (Phi) is 5.93. The maximum Gasteiger partial charge on any atom is 0.0363 e. The van der Waals surface area contributed by atoms with Crippen molar-refractivity contribution in [3.8, 4) is 0 Å². The zero-order valence-electron chi connectivity index (χ0n) is 6.22. The number of hydrogen-bond donors (Lipinski definition) is 2. The second kappa shape index (κ2) is 6.01. The van der Waals surface area contributed by atoms with E-state index in [2.05, 4.69) is 5.32 Å². The molecule has 0 fully saturated rings. The summed E-state index contributed by atoms with van der Waals surface area (Å²) in [5.41, 5.74) is 0. The van der Waals surface area contributed by atoms with Crippen molar-refractivity contribution >= 4 is 0 Å². The molecule has 3 heteroatoms. The fraction of sp³-hybridized carbons (Fsp3) is 1.00. The fourth-order valence-corrected chi connectivity index (χ4v) is 0.543. The van der Waals surface area contributed by atoms with Crippen LogP contribution in [0.25, 0.3) is 0 Å². The van der Waals surface area contributed by atoms with Crippen molar-refractivity contribution in [2.24, 2.45) is 0 Å². The monoisotopic (exact) mass is 132 g/mol. The number of hydrogen-bond acceptors (Lipinski definition) is 3. The molecule has 0 amide bonds. The van der Waals surface area contributed by atoms with Crippen LogP contribution in [0.2, 0.25) is 0 Å². The maximum absolute atomic E-state index is 8.88. The predicted octanol–water partition coefficient (Wildman–Crippen LogP) is 0.307. The number of hydroxylamine groups is 2. The van der Waals surface area contributed by atoms with Gasteiger partial charge >= 0.3 is 0 Å². The molecule has 0 spiro atoms. The van der Waals surface area contributed by atoms with Crippen LogP contribution in [0.5, 0.6) is 0 Å². The van der Waals surface area contributed by atoms with Gasteiger partial charge in [0.15, 0.2) is 0 Å². The van der Waals surface area contributed by atoms with E-state index in [1.54, 1.807) is 0 Å². The number of likely N-dealkylation sites (N-methyl/N-ethyl adjacent to an activating group) is 2. The van der Waals surface area contributed by atoms with E-state index in [0.717, 1.165) is 13.1 Å². The average molecular weight is 132 g/mol. The van der Waals surface area contributed by atoms with Gasteiger partial charge in [-0.3, -0.25) is 0 Å². The van der Waals surface area contributed by atoms with E-state index in [9.17, 15) is 0 Å². The molecule has 0 bridgehead atoms. The lowest BCUT2D eigenvalue weighted by atomic mass is 10.5. The molecule has 3 nitrogen and oxygen atoms in total. The Balaban J connectivity index is 2.88. The van der Waals surface area contributed by atoms with Crippen LogP contribution in [0.4, 0.5) is 0 Å². The molecule has 0 aromatic heterocycles. The second-order valence-corrected chi connectivity index (χ2v) is 1.90. The predicted molar refractivity (Wildman–Crippen MR) is 37.6 cm³/mol. The Bertz CT molecular complexity index is 59.0. The number of nitrogens with zero attached hydrogens (tertiary/aromatic N) is 1. The largest absolute Gasteiger partial charge is 0.316 e. The normalized spacial score (nSPS) is 10.7. The first-order valence-electron chi connectivity index (χ1n) is 3.45. The van der Waals surface area contributed by atoms with Gasteiger partial charge < -0.3 is 10.5 Å². The van der Waals surface area contributed by atoms with Gasteiger partial charge in [-0.1, -0.05) is 13.8 Å². The van der Waals surface area contributed by atoms with Gasteiger partial charge in [-0.25, -0.2) is 0 Å². The van der Waals surface area contributed by atoms with E-state index >= 15 is 0 Å². The average Bonchev–Trinajstić information content (AvgIpc) is 1.89. The molecule has 0 radical (unpaired) electrons. The zero-order valence-corrected chi connectivity index (χ0v) is 6.22. The minimum absolute atomic E-state index is 0.700. The molecule has 0 saturated heterocycles. The Morgan fingerprint density at radius 3 is 2.56 bits per heavy atom. The molecule has 0 saturated carbocycles. The Morgan fingerprint density at radius 2 is 2.11 bits per heavy atom. The first-order valence-corrected chi connectivity index (χ1v) is 3.45. The molecule has 0 aliphatic carbocycles. The van der Waals surface area contributed by atoms with Crippen LogP contribution >= 0.6 is 0 Å². The summed E-state index contributed by atoms with van der Waals surface area (Å²) in [6, 6.07) is 0. The molecule has 0 aliphatic rings. The Morgan fingerprint density at radius 1 is 1.44 bits per heavy atom. The molecule has 2 N–H and O–H groups in total. The van der Waals surface area contributed by atoms with Gasteiger partial charge in [0.2, 0.25) is 0 Å². The van der Waals surface area contributed by atoms with Gasteiger partial charge in [0.25, 0.3) is 0 Å². The summed E-state index contributed by atoms with van der Waals surface area (Å²) in [4.78, 5) is 0. The van der Waals surface area contributed by atoms with Crippen molar-refractivity contribution in [2.45, 2.75) is 13.8 Å². The molecular formula is C6H16N2O. The third-order valence-electron chi connectivity index (χ3n) is 1.16. The highest BCUT2D eigenvalue weighted by Crippen LogP contribution is 1.75. The summed E-state index contributed by atoms with van der Waals surface area (Å²) in [7, 11) is 0. The van der Waals surface area contributed by atoms with Crippen LogP contribution in [-0.4, -0.2) is 36.4 Å². The summed E-state index contributed by atoms with van der Waals surface area (Å²) < 4.78 is 0. The Labute approximate surface area is 56.6 Å². The smallest absolute Gasteiger partial charge is 0.0363 e. The van der Waals surface area contributed by atoms with Crippen LogP contribution in [0.1, 0.15) is 13.8 Å². The van der Waals surface area contributed by atoms with Gasteiger partial charge in [0, 0.05) is 19.6 Å². The van der Waals surface area contributed by atoms with Crippen LogP contribution in [0.15, 0.2) is 0 Å². The summed E-state index contributed by atoms with van der Waals surface area (Å²) in [6.07, 6.45) is 0. The summed E-state index contributed by atoms with van der Waals surface area (Å²) in [5, 5.41) is 13.3. The standard InChI is InChI=1S/C6H16N2O/c1-3-7-5-6-8(9)4-2/h7,9H,3-6H2,1-2H3. The van der Waals surface area contributed by atoms with Gasteiger partial charge in [-0.05, 0) is 6.54 Å². The molecule has 0 unspecified atom stereocenters. The van der Waals surface area contributed by atoms with E-state index in [1.165, 1.54) is 5.06 Å². The van der Waals surface area contributed by atoms with Gasteiger partial charge in [0.1, 0.15) is 0 Å². The third kappa shape index (κ3) is 5.76. The molecule has 0 atom stereocenters. The SMILES string of the molecule is CCNCCN(O)CC. The number of rotatable bonds is 5. The molecule has 9 heavy (non-hydrogen) atoms. The molecule has 0 aliphatic heterocycles. The van der Waals surface area contributed by atoms with Crippen LogP contribution < -0.4 is 5.32 Å². The lowest BCUT2D eigenvalue weighted by molar-refractivity contribution is -0.0844. The summed E-state index contributed by atoms with van der Waals surface area (Å²) >= 11 is 0. The lowest BCUT2D eigenvalue weighted by Gasteiger charge is -2.10.